The number of benzene rings is 2. The first-order valence-corrected chi connectivity index (χ1v) is 6.83. The first-order valence-electron chi connectivity index (χ1n) is 6.83. The van der Waals surface area contributed by atoms with Crippen LogP contribution in [0.3, 0.4) is 0 Å². The fourth-order valence-electron chi connectivity index (χ4n) is 2.42. The summed E-state index contributed by atoms with van der Waals surface area (Å²) in [6.07, 6.45) is 0.458. The molecule has 2 aromatic rings. The SMILES string of the molecule is Cc1cc(C)cc(CC(=O)c2cccc(N(C)C)c2)c1. The molecule has 0 spiro atoms. The van der Waals surface area contributed by atoms with E-state index in [2.05, 4.69) is 32.0 Å². The van der Waals surface area contributed by atoms with Gasteiger partial charge >= 0.3 is 0 Å². The molecule has 2 rings (SSSR count). The van der Waals surface area contributed by atoms with E-state index >= 15 is 0 Å². The van der Waals surface area contributed by atoms with Crippen LogP contribution in [0.5, 0.6) is 0 Å². The molecular weight excluding hydrogens is 246 g/mol. The number of carbonyl (C=O) groups excluding carboxylic acids is 1. The quantitative estimate of drug-likeness (QED) is 0.785. The van der Waals surface area contributed by atoms with E-state index in [-0.39, 0.29) is 5.78 Å². The number of hydrogen-bond acceptors (Lipinski definition) is 2. The van der Waals surface area contributed by atoms with Crippen molar-refractivity contribution in [1.82, 2.24) is 0 Å². The van der Waals surface area contributed by atoms with E-state index < -0.39 is 0 Å². The van der Waals surface area contributed by atoms with Gasteiger partial charge in [-0.05, 0) is 31.5 Å². The van der Waals surface area contributed by atoms with Crippen LogP contribution in [0.4, 0.5) is 5.69 Å². The van der Waals surface area contributed by atoms with E-state index in [0.717, 1.165) is 16.8 Å². The Kier molecular flexibility index (Phi) is 4.23. The van der Waals surface area contributed by atoms with Crippen LogP contribution in [0.2, 0.25) is 0 Å². The molecule has 0 aromatic heterocycles. The van der Waals surface area contributed by atoms with Crippen molar-refractivity contribution in [2.45, 2.75) is 20.3 Å². The van der Waals surface area contributed by atoms with Gasteiger partial charge in [-0.3, -0.25) is 4.79 Å². The summed E-state index contributed by atoms with van der Waals surface area (Å²) in [5.41, 5.74) is 5.32. The van der Waals surface area contributed by atoms with E-state index in [1.165, 1.54) is 11.1 Å². The summed E-state index contributed by atoms with van der Waals surface area (Å²) in [5.74, 6) is 0.165. The van der Waals surface area contributed by atoms with Gasteiger partial charge in [-0.1, -0.05) is 41.5 Å². The Morgan fingerprint density at radius 3 is 2.25 bits per heavy atom. The third-order valence-electron chi connectivity index (χ3n) is 3.33. The maximum atomic E-state index is 12.4. The standard InChI is InChI=1S/C18H21NO/c1-13-8-14(2)10-15(9-13)11-18(20)16-6-5-7-17(12-16)19(3)4/h5-10,12H,11H2,1-4H3. The average Bonchev–Trinajstić information content (AvgIpc) is 2.37. The lowest BCUT2D eigenvalue weighted by molar-refractivity contribution is 0.0993. The summed E-state index contributed by atoms with van der Waals surface area (Å²) in [6, 6.07) is 14.1. The highest BCUT2D eigenvalue weighted by Crippen LogP contribution is 2.16. The first-order chi connectivity index (χ1) is 9.45. The maximum absolute atomic E-state index is 12.4. The Morgan fingerprint density at radius 2 is 1.65 bits per heavy atom. The Morgan fingerprint density at radius 1 is 1.00 bits per heavy atom. The number of carbonyl (C=O) groups is 1. The number of Topliss-reactive ketones (excluding diaryl/α,β-unsaturated/α-hetero) is 1. The van der Waals surface area contributed by atoms with E-state index in [0.29, 0.717) is 6.42 Å². The highest BCUT2D eigenvalue weighted by molar-refractivity contribution is 5.98. The number of rotatable bonds is 4. The largest absolute Gasteiger partial charge is 0.378 e. The van der Waals surface area contributed by atoms with E-state index in [4.69, 9.17) is 0 Å². The topological polar surface area (TPSA) is 20.3 Å². The molecule has 2 nitrogen and oxygen atoms in total. The van der Waals surface area contributed by atoms with Crippen molar-refractivity contribution in [3.8, 4) is 0 Å². The molecule has 0 bridgehead atoms. The summed E-state index contributed by atoms with van der Waals surface area (Å²) >= 11 is 0. The monoisotopic (exact) mass is 267 g/mol. The zero-order valence-electron chi connectivity index (χ0n) is 12.6. The second kappa shape index (κ2) is 5.91. The van der Waals surface area contributed by atoms with Crippen molar-refractivity contribution in [2.75, 3.05) is 19.0 Å². The van der Waals surface area contributed by atoms with Crippen LogP contribution in [0.25, 0.3) is 0 Å². The molecule has 2 heteroatoms. The van der Waals surface area contributed by atoms with Crippen molar-refractivity contribution in [1.29, 1.82) is 0 Å². The molecule has 0 heterocycles. The molecule has 0 N–H and O–H groups in total. The molecule has 0 saturated carbocycles. The molecule has 2 aromatic carbocycles. The van der Waals surface area contributed by atoms with Gasteiger partial charge in [0.2, 0.25) is 0 Å². The number of hydrogen-bond donors (Lipinski definition) is 0. The first kappa shape index (κ1) is 14.3. The van der Waals surface area contributed by atoms with Crippen molar-refractivity contribution in [3.63, 3.8) is 0 Å². The highest BCUT2D eigenvalue weighted by atomic mass is 16.1. The molecule has 0 fully saturated rings. The van der Waals surface area contributed by atoms with Crippen LogP contribution in [0.1, 0.15) is 27.0 Å². The van der Waals surface area contributed by atoms with Crippen LogP contribution < -0.4 is 4.90 Å². The molecule has 0 aliphatic rings. The molecular formula is C18H21NO. The predicted molar refractivity (Wildman–Crippen MR) is 84.7 cm³/mol. The Labute approximate surface area is 121 Å². The normalized spacial score (nSPS) is 10.4. The molecule has 0 radical (unpaired) electrons. The van der Waals surface area contributed by atoms with Crippen molar-refractivity contribution >= 4 is 11.5 Å². The molecule has 0 atom stereocenters. The smallest absolute Gasteiger partial charge is 0.167 e. The van der Waals surface area contributed by atoms with Gasteiger partial charge in [-0.25, -0.2) is 0 Å². The summed E-state index contributed by atoms with van der Waals surface area (Å²) in [7, 11) is 3.96. The van der Waals surface area contributed by atoms with Gasteiger partial charge in [0, 0.05) is 31.8 Å². The third-order valence-corrected chi connectivity index (χ3v) is 3.33. The predicted octanol–water partition coefficient (Wildman–Crippen LogP) is 3.79. The minimum Gasteiger partial charge on any atom is -0.378 e. The summed E-state index contributed by atoms with van der Waals surface area (Å²) in [4.78, 5) is 14.4. The van der Waals surface area contributed by atoms with Crippen LogP contribution in [-0.2, 0) is 6.42 Å². The van der Waals surface area contributed by atoms with Gasteiger partial charge in [0.25, 0.3) is 0 Å². The van der Waals surface area contributed by atoms with Gasteiger partial charge in [-0.2, -0.15) is 0 Å². The van der Waals surface area contributed by atoms with E-state index in [1.54, 1.807) is 0 Å². The lowest BCUT2D eigenvalue weighted by Gasteiger charge is -2.13. The average molecular weight is 267 g/mol. The van der Waals surface area contributed by atoms with Crippen LogP contribution in [0.15, 0.2) is 42.5 Å². The molecule has 0 amide bonds. The molecule has 0 saturated heterocycles. The molecule has 0 aliphatic heterocycles. The van der Waals surface area contributed by atoms with E-state index in [1.807, 2.05) is 43.3 Å². The third kappa shape index (κ3) is 3.47. The fraction of sp³-hybridized carbons (Fsp3) is 0.278. The number of nitrogens with zero attached hydrogens (tertiary/aromatic N) is 1. The minimum absolute atomic E-state index is 0.165. The summed E-state index contributed by atoms with van der Waals surface area (Å²) < 4.78 is 0. The Balaban J connectivity index is 2.21. The Bertz CT molecular complexity index is 609. The van der Waals surface area contributed by atoms with Crippen molar-refractivity contribution in [3.05, 3.63) is 64.7 Å². The van der Waals surface area contributed by atoms with Gasteiger partial charge in [0.1, 0.15) is 0 Å². The minimum atomic E-state index is 0.165. The lowest BCUT2D eigenvalue weighted by Crippen LogP contribution is -2.10. The zero-order valence-corrected chi connectivity index (χ0v) is 12.6. The van der Waals surface area contributed by atoms with Gasteiger partial charge in [-0.15, -0.1) is 0 Å². The van der Waals surface area contributed by atoms with Gasteiger partial charge in [0.05, 0.1) is 0 Å². The van der Waals surface area contributed by atoms with Crippen LogP contribution in [-0.4, -0.2) is 19.9 Å². The highest BCUT2D eigenvalue weighted by Gasteiger charge is 2.09. The number of aryl methyl sites for hydroxylation is 2. The van der Waals surface area contributed by atoms with E-state index in [9.17, 15) is 4.79 Å². The van der Waals surface area contributed by atoms with Crippen molar-refractivity contribution in [2.24, 2.45) is 0 Å². The lowest BCUT2D eigenvalue weighted by atomic mass is 9.99. The van der Waals surface area contributed by atoms with Gasteiger partial charge in [0.15, 0.2) is 5.78 Å². The second-order valence-corrected chi connectivity index (χ2v) is 5.54. The summed E-state index contributed by atoms with van der Waals surface area (Å²) in [5, 5.41) is 0. The van der Waals surface area contributed by atoms with Crippen LogP contribution >= 0.6 is 0 Å². The molecule has 0 aliphatic carbocycles. The molecule has 0 unspecified atom stereocenters. The summed E-state index contributed by atoms with van der Waals surface area (Å²) in [6.45, 7) is 4.13. The fourth-order valence-corrected chi connectivity index (χ4v) is 2.42. The zero-order chi connectivity index (χ0) is 14.7. The number of ketones is 1. The number of anilines is 1. The maximum Gasteiger partial charge on any atom is 0.167 e. The van der Waals surface area contributed by atoms with Gasteiger partial charge < -0.3 is 4.90 Å². The van der Waals surface area contributed by atoms with Crippen molar-refractivity contribution < 1.29 is 4.79 Å². The molecule has 104 valence electrons. The Hall–Kier alpha value is -2.09. The second-order valence-electron chi connectivity index (χ2n) is 5.54. The van der Waals surface area contributed by atoms with Crippen LogP contribution in [0, 0.1) is 13.8 Å². The molecule has 20 heavy (non-hydrogen) atoms.